The second kappa shape index (κ2) is 15.9. The molecule has 1 rings (SSSR count). The predicted molar refractivity (Wildman–Crippen MR) is 109 cm³/mol. The van der Waals surface area contributed by atoms with E-state index in [1.807, 2.05) is 0 Å². The number of ether oxygens (including phenoxy) is 2. The van der Waals surface area contributed by atoms with Gasteiger partial charge in [-0.3, -0.25) is 9.79 Å². The van der Waals surface area contributed by atoms with Gasteiger partial charge in [-0.25, -0.2) is 0 Å². The Morgan fingerprint density at radius 1 is 1.08 bits per heavy atom. The number of hydrogen-bond donors (Lipinski definition) is 0. The molecule has 4 nitrogen and oxygen atoms in total. The summed E-state index contributed by atoms with van der Waals surface area (Å²) >= 11 is 0. The molecule has 0 saturated carbocycles. The molecule has 1 unspecified atom stereocenters. The van der Waals surface area contributed by atoms with Crippen molar-refractivity contribution in [3.05, 3.63) is 12.2 Å². The molecule has 1 atom stereocenters. The number of aliphatic imine (C=N–C) groups is 1. The number of hydrogen-bond acceptors (Lipinski definition) is 4. The quantitative estimate of drug-likeness (QED) is 0.192. The molecule has 0 aromatic carbocycles. The highest BCUT2D eigenvalue weighted by Crippen LogP contribution is 2.16. The third-order valence-electron chi connectivity index (χ3n) is 4.81. The second-order valence-electron chi connectivity index (χ2n) is 7.22. The Bertz CT molecular complexity index is 418. The lowest BCUT2D eigenvalue weighted by Crippen LogP contribution is -2.12. The van der Waals surface area contributed by atoms with Crippen LogP contribution in [0.25, 0.3) is 0 Å². The van der Waals surface area contributed by atoms with Gasteiger partial charge in [-0.2, -0.15) is 0 Å². The van der Waals surface area contributed by atoms with Crippen LogP contribution in [0.15, 0.2) is 17.1 Å². The zero-order valence-electron chi connectivity index (χ0n) is 17.0. The molecule has 0 aromatic rings. The van der Waals surface area contributed by atoms with Crippen LogP contribution in [0.4, 0.5) is 0 Å². The first-order valence-corrected chi connectivity index (χ1v) is 10.7. The predicted octanol–water partition coefficient (Wildman–Crippen LogP) is 5.99. The standard InChI is InChI=1S/C22H39NO3/c1-3-4-13-16-20-19-23-21(26-20)17-14-11-9-7-5-6-8-10-12-15-18-22(24)25-2/h5,7,20H,3-4,6,8-19H2,1-2H3/b7-5-. The van der Waals surface area contributed by atoms with E-state index in [1.54, 1.807) is 0 Å². The van der Waals surface area contributed by atoms with E-state index in [0.717, 1.165) is 51.0 Å². The van der Waals surface area contributed by atoms with Gasteiger partial charge >= 0.3 is 5.97 Å². The summed E-state index contributed by atoms with van der Waals surface area (Å²) in [5.74, 6) is 0.897. The van der Waals surface area contributed by atoms with E-state index in [4.69, 9.17) is 4.74 Å². The topological polar surface area (TPSA) is 47.9 Å². The van der Waals surface area contributed by atoms with Gasteiger partial charge in [0.15, 0.2) is 5.90 Å². The highest BCUT2D eigenvalue weighted by atomic mass is 16.5. The molecule has 1 aliphatic heterocycles. The highest BCUT2D eigenvalue weighted by Gasteiger charge is 2.18. The van der Waals surface area contributed by atoms with Crippen molar-refractivity contribution >= 4 is 11.9 Å². The molecule has 0 bridgehead atoms. The molecule has 1 heterocycles. The largest absolute Gasteiger partial charge is 0.476 e. The molecular formula is C22H39NO3. The minimum absolute atomic E-state index is 0.0918. The van der Waals surface area contributed by atoms with Crippen LogP contribution in [0, 0.1) is 0 Å². The third-order valence-corrected chi connectivity index (χ3v) is 4.81. The number of rotatable bonds is 16. The van der Waals surface area contributed by atoms with Crippen LogP contribution in [0.5, 0.6) is 0 Å². The van der Waals surface area contributed by atoms with E-state index in [1.165, 1.54) is 52.1 Å². The van der Waals surface area contributed by atoms with Crippen molar-refractivity contribution in [1.82, 2.24) is 0 Å². The maximum Gasteiger partial charge on any atom is 0.305 e. The van der Waals surface area contributed by atoms with Gasteiger partial charge in [0, 0.05) is 12.8 Å². The van der Waals surface area contributed by atoms with Crippen LogP contribution in [0.3, 0.4) is 0 Å². The molecule has 0 amide bonds. The van der Waals surface area contributed by atoms with Gasteiger partial charge in [0.05, 0.1) is 13.7 Å². The fourth-order valence-corrected chi connectivity index (χ4v) is 3.14. The summed E-state index contributed by atoms with van der Waals surface area (Å²) in [6.07, 6.45) is 20.6. The van der Waals surface area contributed by atoms with E-state index in [2.05, 4.69) is 28.8 Å². The zero-order valence-corrected chi connectivity index (χ0v) is 17.0. The number of allylic oxidation sites excluding steroid dienone is 2. The van der Waals surface area contributed by atoms with E-state index in [0.29, 0.717) is 12.5 Å². The van der Waals surface area contributed by atoms with Gasteiger partial charge in [-0.05, 0) is 51.4 Å². The van der Waals surface area contributed by atoms with Crippen LogP contribution in [0.1, 0.15) is 96.8 Å². The van der Waals surface area contributed by atoms with Crippen LogP contribution in [0.2, 0.25) is 0 Å². The van der Waals surface area contributed by atoms with Crippen molar-refractivity contribution < 1.29 is 14.3 Å². The number of esters is 1. The smallest absolute Gasteiger partial charge is 0.305 e. The summed E-state index contributed by atoms with van der Waals surface area (Å²) in [7, 11) is 1.45. The van der Waals surface area contributed by atoms with Gasteiger partial charge in [0.1, 0.15) is 6.10 Å². The molecular weight excluding hydrogens is 326 g/mol. The van der Waals surface area contributed by atoms with Gasteiger partial charge in [0.25, 0.3) is 0 Å². The Morgan fingerprint density at radius 2 is 1.81 bits per heavy atom. The Balaban J connectivity index is 1.86. The lowest BCUT2D eigenvalue weighted by molar-refractivity contribution is -0.140. The number of methoxy groups -OCH3 is 1. The van der Waals surface area contributed by atoms with Gasteiger partial charge < -0.3 is 9.47 Å². The van der Waals surface area contributed by atoms with Crippen molar-refractivity contribution in [3.63, 3.8) is 0 Å². The summed E-state index contributed by atoms with van der Waals surface area (Å²) in [6, 6.07) is 0. The van der Waals surface area contributed by atoms with E-state index in [-0.39, 0.29) is 5.97 Å². The van der Waals surface area contributed by atoms with Crippen molar-refractivity contribution in [2.75, 3.05) is 13.7 Å². The Kier molecular flexibility index (Phi) is 13.9. The van der Waals surface area contributed by atoms with Crippen LogP contribution < -0.4 is 0 Å². The maximum atomic E-state index is 11.0. The van der Waals surface area contributed by atoms with Gasteiger partial charge in [-0.15, -0.1) is 0 Å². The molecule has 0 fully saturated rings. The average Bonchev–Trinajstić information content (AvgIpc) is 3.10. The van der Waals surface area contributed by atoms with Gasteiger partial charge in [-0.1, -0.05) is 44.8 Å². The molecule has 0 aliphatic carbocycles. The Hall–Kier alpha value is -1.32. The normalized spacial score (nSPS) is 16.7. The van der Waals surface area contributed by atoms with Crippen molar-refractivity contribution in [3.8, 4) is 0 Å². The molecule has 26 heavy (non-hydrogen) atoms. The lowest BCUT2D eigenvalue weighted by atomic mass is 10.1. The fraction of sp³-hybridized carbons (Fsp3) is 0.818. The molecule has 0 saturated heterocycles. The summed E-state index contributed by atoms with van der Waals surface area (Å²) < 4.78 is 10.6. The zero-order chi connectivity index (χ0) is 18.9. The Labute approximate surface area is 160 Å². The van der Waals surface area contributed by atoms with Crippen LogP contribution in [-0.2, 0) is 14.3 Å². The summed E-state index contributed by atoms with van der Waals surface area (Å²) in [6.45, 7) is 3.11. The van der Waals surface area contributed by atoms with E-state index >= 15 is 0 Å². The van der Waals surface area contributed by atoms with Crippen molar-refractivity contribution in [1.29, 1.82) is 0 Å². The number of carbonyl (C=O) groups is 1. The number of nitrogens with zero attached hydrogens (tertiary/aromatic N) is 1. The highest BCUT2D eigenvalue weighted by molar-refractivity contribution is 5.77. The summed E-state index contributed by atoms with van der Waals surface area (Å²) in [4.78, 5) is 15.5. The molecule has 0 N–H and O–H groups in total. The van der Waals surface area contributed by atoms with Crippen LogP contribution in [-0.4, -0.2) is 31.6 Å². The SMILES string of the molecule is CCCCCC1CN=C(CCCC/C=C\CCCCCCC(=O)OC)O1. The van der Waals surface area contributed by atoms with E-state index in [9.17, 15) is 4.79 Å². The first-order chi connectivity index (χ1) is 12.8. The number of carbonyl (C=O) groups excluding carboxylic acids is 1. The molecule has 150 valence electrons. The fourth-order valence-electron chi connectivity index (χ4n) is 3.14. The van der Waals surface area contributed by atoms with E-state index < -0.39 is 0 Å². The van der Waals surface area contributed by atoms with Gasteiger partial charge in [0.2, 0.25) is 0 Å². The molecule has 0 spiro atoms. The second-order valence-corrected chi connectivity index (χ2v) is 7.22. The molecule has 1 aliphatic rings. The molecule has 0 aromatic heterocycles. The minimum Gasteiger partial charge on any atom is -0.476 e. The first-order valence-electron chi connectivity index (χ1n) is 10.7. The maximum absolute atomic E-state index is 11.0. The van der Waals surface area contributed by atoms with Crippen molar-refractivity contribution in [2.45, 2.75) is 103 Å². The minimum atomic E-state index is -0.0918. The summed E-state index contributed by atoms with van der Waals surface area (Å²) in [5.41, 5.74) is 0. The Morgan fingerprint density at radius 3 is 2.54 bits per heavy atom. The number of unbranched alkanes of at least 4 members (excludes halogenated alkanes) is 8. The first kappa shape index (κ1) is 22.7. The molecule has 4 heteroatoms. The lowest BCUT2D eigenvalue weighted by Gasteiger charge is -2.10. The summed E-state index contributed by atoms with van der Waals surface area (Å²) in [5, 5.41) is 0. The molecule has 0 radical (unpaired) electrons. The van der Waals surface area contributed by atoms with Crippen molar-refractivity contribution in [2.24, 2.45) is 4.99 Å². The third kappa shape index (κ3) is 12.1. The van der Waals surface area contributed by atoms with Crippen LogP contribution >= 0.6 is 0 Å². The monoisotopic (exact) mass is 365 g/mol. The average molecular weight is 366 g/mol.